The van der Waals surface area contributed by atoms with E-state index in [0.29, 0.717) is 17.9 Å². The lowest BCUT2D eigenvalue weighted by Crippen LogP contribution is -2.42. The van der Waals surface area contributed by atoms with Gasteiger partial charge in [0.15, 0.2) is 0 Å². The zero-order valence-corrected chi connectivity index (χ0v) is 19.6. The number of para-hydroxylation sites is 1. The van der Waals surface area contributed by atoms with Crippen LogP contribution in [0.4, 0.5) is 0 Å². The van der Waals surface area contributed by atoms with E-state index < -0.39 is 17.9 Å². The van der Waals surface area contributed by atoms with Gasteiger partial charge in [0.25, 0.3) is 5.91 Å². The van der Waals surface area contributed by atoms with Gasteiger partial charge in [0.2, 0.25) is 0 Å². The maximum Gasteiger partial charge on any atom is 0.326 e. The first-order valence-electron chi connectivity index (χ1n) is 11.4. The first-order chi connectivity index (χ1) is 16.5. The van der Waals surface area contributed by atoms with Crippen molar-refractivity contribution in [1.82, 2.24) is 5.32 Å². The first-order valence-corrected chi connectivity index (χ1v) is 11.4. The molecule has 34 heavy (non-hydrogen) atoms. The molecule has 0 radical (unpaired) electrons. The quantitative estimate of drug-likeness (QED) is 0.372. The van der Waals surface area contributed by atoms with Crippen LogP contribution in [-0.4, -0.2) is 36.2 Å². The number of nitrogens with one attached hydrogen (secondary N) is 1. The van der Waals surface area contributed by atoms with Crippen molar-refractivity contribution in [2.45, 2.75) is 39.2 Å². The summed E-state index contributed by atoms with van der Waals surface area (Å²) in [6.45, 7) is 4.49. The Morgan fingerprint density at radius 1 is 0.853 bits per heavy atom. The number of ether oxygens (including phenoxy) is 2. The van der Waals surface area contributed by atoms with Crippen molar-refractivity contribution >= 4 is 11.9 Å². The Morgan fingerprint density at radius 2 is 1.53 bits per heavy atom. The fraction of sp³-hybridized carbons (Fsp3) is 0.286. The molecule has 3 rings (SSSR count). The molecular weight excluding hydrogens is 430 g/mol. The van der Waals surface area contributed by atoms with E-state index in [0.717, 1.165) is 29.7 Å². The minimum absolute atomic E-state index is 0.149. The Hall–Kier alpha value is -3.80. The molecule has 0 spiro atoms. The molecule has 1 unspecified atom stereocenters. The van der Waals surface area contributed by atoms with Crippen molar-refractivity contribution in [2.24, 2.45) is 0 Å². The molecule has 0 saturated heterocycles. The van der Waals surface area contributed by atoms with Gasteiger partial charge in [0.1, 0.15) is 17.5 Å². The molecule has 6 heteroatoms. The van der Waals surface area contributed by atoms with Crippen LogP contribution in [0.2, 0.25) is 0 Å². The fourth-order valence-corrected chi connectivity index (χ4v) is 3.61. The van der Waals surface area contributed by atoms with Crippen LogP contribution in [-0.2, 0) is 11.2 Å². The standard InChI is InChI=1S/C28H31NO5/c1-20-21(2)26(34-18-9-12-22-10-5-3-6-11-22)16-15-24(20)27(30)29-25(28(31)32)17-19-33-23-13-7-4-8-14-23/h3-8,10-11,13-16,25H,9,12,17-19H2,1-2H3,(H,29,30)(H,31,32). The summed E-state index contributed by atoms with van der Waals surface area (Å²) in [7, 11) is 0. The van der Waals surface area contributed by atoms with Crippen LogP contribution in [0.15, 0.2) is 72.8 Å². The summed E-state index contributed by atoms with van der Waals surface area (Å²) in [6.07, 6.45) is 1.97. The lowest BCUT2D eigenvalue weighted by Gasteiger charge is -2.18. The van der Waals surface area contributed by atoms with E-state index in [2.05, 4.69) is 17.4 Å². The fourth-order valence-electron chi connectivity index (χ4n) is 3.61. The van der Waals surface area contributed by atoms with Crippen molar-refractivity contribution in [3.8, 4) is 11.5 Å². The highest BCUT2D eigenvalue weighted by Gasteiger charge is 2.22. The minimum atomic E-state index is -1.10. The summed E-state index contributed by atoms with van der Waals surface area (Å²) in [4.78, 5) is 24.5. The number of hydrogen-bond donors (Lipinski definition) is 2. The number of aliphatic carboxylic acids is 1. The van der Waals surface area contributed by atoms with Crippen molar-refractivity contribution in [2.75, 3.05) is 13.2 Å². The van der Waals surface area contributed by atoms with Crippen molar-refractivity contribution in [3.63, 3.8) is 0 Å². The molecule has 0 aliphatic heterocycles. The molecule has 1 amide bonds. The molecule has 6 nitrogen and oxygen atoms in total. The number of hydrogen-bond acceptors (Lipinski definition) is 4. The smallest absolute Gasteiger partial charge is 0.326 e. The van der Waals surface area contributed by atoms with Gasteiger partial charge in [-0.1, -0.05) is 48.5 Å². The van der Waals surface area contributed by atoms with Gasteiger partial charge in [-0.25, -0.2) is 4.79 Å². The van der Waals surface area contributed by atoms with E-state index in [9.17, 15) is 14.7 Å². The van der Waals surface area contributed by atoms with E-state index in [1.54, 1.807) is 24.3 Å². The van der Waals surface area contributed by atoms with E-state index in [1.165, 1.54) is 5.56 Å². The van der Waals surface area contributed by atoms with Crippen LogP contribution in [0.1, 0.15) is 39.9 Å². The maximum absolute atomic E-state index is 12.8. The minimum Gasteiger partial charge on any atom is -0.494 e. The summed E-state index contributed by atoms with van der Waals surface area (Å²) in [5.41, 5.74) is 3.34. The Labute approximate surface area is 200 Å². The van der Waals surface area contributed by atoms with Gasteiger partial charge >= 0.3 is 5.97 Å². The number of amides is 1. The Balaban J connectivity index is 1.54. The van der Waals surface area contributed by atoms with E-state index in [1.807, 2.05) is 50.2 Å². The lowest BCUT2D eigenvalue weighted by atomic mass is 10.0. The third-order valence-corrected chi connectivity index (χ3v) is 5.71. The number of aryl methyl sites for hydroxylation is 1. The molecule has 0 saturated carbocycles. The SMILES string of the molecule is Cc1c(OCCCc2ccccc2)ccc(C(=O)NC(CCOc2ccccc2)C(=O)O)c1C. The number of rotatable bonds is 12. The van der Waals surface area contributed by atoms with E-state index in [-0.39, 0.29) is 13.0 Å². The average Bonchev–Trinajstić information content (AvgIpc) is 2.84. The molecule has 3 aromatic carbocycles. The molecule has 0 bridgehead atoms. The van der Waals surface area contributed by atoms with Crippen LogP contribution in [0.5, 0.6) is 11.5 Å². The van der Waals surface area contributed by atoms with Gasteiger partial charge < -0.3 is 19.9 Å². The van der Waals surface area contributed by atoms with Crippen LogP contribution in [0, 0.1) is 13.8 Å². The first kappa shape index (κ1) is 24.8. The molecule has 0 aromatic heterocycles. The van der Waals surface area contributed by atoms with Gasteiger partial charge in [0.05, 0.1) is 13.2 Å². The van der Waals surface area contributed by atoms with Crippen LogP contribution >= 0.6 is 0 Å². The molecule has 3 aromatic rings. The van der Waals surface area contributed by atoms with Gasteiger partial charge in [-0.05, 0) is 67.6 Å². The van der Waals surface area contributed by atoms with E-state index in [4.69, 9.17) is 9.47 Å². The predicted molar refractivity (Wildman–Crippen MR) is 132 cm³/mol. The molecule has 0 aliphatic carbocycles. The third-order valence-electron chi connectivity index (χ3n) is 5.71. The summed E-state index contributed by atoms with van der Waals surface area (Å²) >= 11 is 0. The average molecular weight is 462 g/mol. The topological polar surface area (TPSA) is 84.9 Å². The lowest BCUT2D eigenvalue weighted by molar-refractivity contribution is -0.139. The second kappa shape index (κ2) is 12.4. The second-order valence-electron chi connectivity index (χ2n) is 8.11. The Bertz CT molecular complexity index is 1080. The number of carbonyl (C=O) groups excluding carboxylic acids is 1. The van der Waals surface area contributed by atoms with Crippen molar-refractivity contribution in [1.29, 1.82) is 0 Å². The number of benzene rings is 3. The molecule has 0 heterocycles. The summed E-state index contributed by atoms with van der Waals surface area (Å²) in [6, 6.07) is 21.8. The Kier molecular flexibility index (Phi) is 9.09. The molecule has 0 fully saturated rings. The number of carboxylic acids is 1. The molecule has 178 valence electrons. The highest BCUT2D eigenvalue weighted by atomic mass is 16.5. The maximum atomic E-state index is 12.8. The molecule has 0 aliphatic rings. The highest BCUT2D eigenvalue weighted by molar-refractivity contribution is 5.98. The summed E-state index contributed by atoms with van der Waals surface area (Å²) in [5, 5.41) is 12.2. The molecular formula is C28H31NO5. The van der Waals surface area contributed by atoms with Gasteiger partial charge in [0, 0.05) is 12.0 Å². The third kappa shape index (κ3) is 7.10. The van der Waals surface area contributed by atoms with Crippen LogP contribution in [0.3, 0.4) is 0 Å². The van der Waals surface area contributed by atoms with Gasteiger partial charge in [-0.15, -0.1) is 0 Å². The van der Waals surface area contributed by atoms with Crippen LogP contribution in [0.25, 0.3) is 0 Å². The van der Waals surface area contributed by atoms with Crippen molar-refractivity contribution in [3.05, 3.63) is 95.1 Å². The predicted octanol–water partition coefficient (Wildman–Crippen LogP) is 4.97. The summed E-state index contributed by atoms with van der Waals surface area (Å²) < 4.78 is 11.5. The largest absolute Gasteiger partial charge is 0.494 e. The molecule has 1 atom stereocenters. The monoisotopic (exact) mass is 461 g/mol. The van der Waals surface area contributed by atoms with Gasteiger partial charge in [-0.3, -0.25) is 4.79 Å². The highest BCUT2D eigenvalue weighted by Crippen LogP contribution is 2.25. The second-order valence-corrected chi connectivity index (χ2v) is 8.11. The number of carbonyl (C=O) groups is 2. The van der Waals surface area contributed by atoms with Gasteiger partial charge in [-0.2, -0.15) is 0 Å². The molecule has 2 N–H and O–H groups in total. The normalized spacial score (nSPS) is 11.5. The van der Waals surface area contributed by atoms with Crippen molar-refractivity contribution < 1.29 is 24.2 Å². The zero-order chi connectivity index (χ0) is 24.3. The summed E-state index contributed by atoms with van der Waals surface area (Å²) in [5.74, 6) is -0.141. The van der Waals surface area contributed by atoms with E-state index >= 15 is 0 Å². The number of carboxylic acid groups (broad SMARTS) is 1. The Morgan fingerprint density at radius 3 is 2.21 bits per heavy atom. The zero-order valence-electron chi connectivity index (χ0n) is 19.6. The van der Waals surface area contributed by atoms with Crippen LogP contribution < -0.4 is 14.8 Å².